The first-order valence-electron chi connectivity index (χ1n) is 21.1. The number of hydrogen-bond donors (Lipinski definition) is 2. The lowest BCUT2D eigenvalue weighted by Gasteiger charge is -2.19. The maximum atomic E-state index is 12.5. The first-order chi connectivity index (χ1) is 26.8. The van der Waals surface area contributed by atoms with E-state index in [4.69, 9.17) is 24.3 Å². The number of allylic oxidation sites excluding steroid dienone is 14. The van der Waals surface area contributed by atoms with Gasteiger partial charge in [-0.1, -0.05) is 144 Å². The Morgan fingerprint density at radius 3 is 1.55 bits per heavy atom. The molecule has 0 saturated heterocycles. The van der Waals surface area contributed by atoms with E-state index in [-0.39, 0.29) is 32.6 Å². The fourth-order valence-electron chi connectivity index (χ4n) is 5.17. The van der Waals surface area contributed by atoms with Gasteiger partial charge in [-0.3, -0.25) is 18.6 Å². The molecule has 0 rings (SSSR count). The number of hydrogen-bond acceptors (Lipinski definition) is 8. The van der Waals surface area contributed by atoms with Crippen molar-refractivity contribution in [2.24, 2.45) is 5.73 Å². The first kappa shape index (κ1) is 52.2. The highest BCUT2D eigenvalue weighted by molar-refractivity contribution is 7.47. The number of ether oxygens (including phenoxy) is 2. The summed E-state index contributed by atoms with van der Waals surface area (Å²) in [7, 11) is -4.40. The molecule has 3 N–H and O–H groups in total. The maximum Gasteiger partial charge on any atom is 0.472 e. The minimum absolute atomic E-state index is 0.0387. The molecule has 0 heterocycles. The molecule has 55 heavy (non-hydrogen) atoms. The molecule has 314 valence electrons. The van der Waals surface area contributed by atoms with Crippen LogP contribution in [-0.2, 0) is 32.7 Å². The Kier molecular flexibility index (Phi) is 38.8. The fourth-order valence-corrected chi connectivity index (χ4v) is 5.93. The standard InChI is InChI=1S/C45H76NO8P/c1-3-5-7-9-11-13-15-17-19-21-23-25-27-29-31-33-35-37-44(47)51-41-43(42-53-55(49,50)52-40-39-46)54-45(48)38-36-34-32-30-28-26-24-22-20-18-16-14-12-10-8-6-4-2/h6,8,11-14,17-20,24,26,30,32,43H,3-5,7,9-10,15-16,21-23,25,27-29,31,33-42,46H2,1-2H3,(H,49,50)/t43-/m1/s1. The summed E-state index contributed by atoms with van der Waals surface area (Å²) in [4.78, 5) is 34.8. The molecule has 1 unspecified atom stereocenters. The Hall–Kier alpha value is -2.81. The molecule has 0 aliphatic rings. The zero-order chi connectivity index (χ0) is 40.3. The van der Waals surface area contributed by atoms with Crippen molar-refractivity contribution in [3.8, 4) is 0 Å². The lowest BCUT2D eigenvalue weighted by atomic mass is 10.1. The van der Waals surface area contributed by atoms with Gasteiger partial charge in [-0.25, -0.2) is 4.57 Å². The van der Waals surface area contributed by atoms with Gasteiger partial charge in [0.25, 0.3) is 0 Å². The number of carbonyl (C=O) groups excluding carboxylic acids is 2. The highest BCUT2D eigenvalue weighted by Crippen LogP contribution is 2.43. The van der Waals surface area contributed by atoms with Gasteiger partial charge in [0, 0.05) is 19.4 Å². The molecular formula is C45H76NO8P. The van der Waals surface area contributed by atoms with E-state index in [9.17, 15) is 19.0 Å². The maximum absolute atomic E-state index is 12.5. The average Bonchev–Trinajstić information content (AvgIpc) is 3.17. The van der Waals surface area contributed by atoms with Crippen molar-refractivity contribution in [3.05, 3.63) is 85.1 Å². The molecule has 0 saturated carbocycles. The number of rotatable bonds is 38. The molecule has 0 aromatic rings. The van der Waals surface area contributed by atoms with Crippen molar-refractivity contribution in [2.45, 2.75) is 161 Å². The Balaban J connectivity index is 4.30. The van der Waals surface area contributed by atoms with E-state index in [1.807, 2.05) is 6.08 Å². The second-order valence-electron chi connectivity index (χ2n) is 13.5. The van der Waals surface area contributed by atoms with Crippen LogP contribution in [0.4, 0.5) is 0 Å². The molecule has 0 bridgehead atoms. The van der Waals surface area contributed by atoms with Crippen molar-refractivity contribution in [2.75, 3.05) is 26.4 Å². The van der Waals surface area contributed by atoms with E-state index in [0.29, 0.717) is 19.3 Å². The van der Waals surface area contributed by atoms with Gasteiger partial charge in [0.05, 0.1) is 13.2 Å². The molecule has 0 aliphatic carbocycles. The molecule has 0 radical (unpaired) electrons. The normalized spacial score (nSPS) is 14.2. The molecule has 0 amide bonds. The number of phosphoric ester groups is 1. The van der Waals surface area contributed by atoms with Crippen molar-refractivity contribution in [1.29, 1.82) is 0 Å². The van der Waals surface area contributed by atoms with Crippen LogP contribution in [0.5, 0.6) is 0 Å². The van der Waals surface area contributed by atoms with Crippen LogP contribution in [0.15, 0.2) is 85.1 Å². The summed E-state index contributed by atoms with van der Waals surface area (Å²) < 4.78 is 32.7. The molecular weight excluding hydrogens is 713 g/mol. The van der Waals surface area contributed by atoms with E-state index in [0.717, 1.165) is 64.2 Å². The summed E-state index contributed by atoms with van der Waals surface area (Å²) in [5, 5.41) is 0. The van der Waals surface area contributed by atoms with Gasteiger partial charge in [-0.15, -0.1) is 0 Å². The van der Waals surface area contributed by atoms with Crippen LogP contribution in [0.1, 0.15) is 155 Å². The van der Waals surface area contributed by atoms with Crippen LogP contribution in [-0.4, -0.2) is 49.3 Å². The predicted molar refractivity (Wildman–Crippen MR) is 229 cm³/mol. The molecule has 2 atom stereocenters. The van der Waals surface area contributed by atoms with E-state index >= 15 is 0 Å². The number of carbonyl (C=O) groups is 2. The summed E-state index contributed by atoms with van der Waals surface area (Å²) in [5.41, 5.74) is 5.34. The molecule has 0 aliphatic heterocycles. The van der Waals surface area contributed by atoms with Crippen molar-refractivity contribution >= 4 is 19.8 Å². The van der Waals surface area contributed by atoms with Gasteiger partial charge in [-0.05, 0) is 83.5 Å². The number of phosphoric acid groups is 1. The van der Waals surface area contributed by atoms with Crippen LogP contribution >= 0.6 is 7.82 Å². The zero-order valence-electron chi connectivity index (χ0n) is 34.4. The van der Waals surface area contributed by atoms with Gasteiger partial charge in [0.2, 0.25) is 0 Å². The van der Waals surface area contributed by atoms with Crippen molar-refractivity contribution in [1.82, 2.24) is 0 Å². The Labute approximate surface area is 334 Å². The first-order valence-corrected chi connectivity index (χ1v) is 22.6. The largest absolute Gasteiger partial charge is 0.472 e. The van der Waals surface area contributed by atoms with Gasteiger partial charge in [0.1, 0.15) is 6.61 Å². The SMILES string of the molecule is CCC=CCC=CCC=CCC=CCC=CCCCC(=O)O[C@H](COC(=O)CCCCCCCCCC=CCC=CCCCCC)COP(=O)(O)OCCN. The lowest BCUT2D eigenvalue weighted by molar-refractivity contribution is -0.161. The lowest BCUT2D eigenvalue weighted by Crippen LogP contribution is -2.29. The minimum Gasteiger partial charge on any atom is -0.462 e. The number of unbranched alkanes of at least 4 members (excludes halogenated alkanes) is 11. The summed E-state index contributed by atoms with van der Waals surface area (Å²) in [5.74, 6) is -0.914. The van der Waals surface area contributed by atoms with Gasteiger partial charge in [0.15, 0.2) is 6.10 Å². The fraction of sp³-hybridized carbons (Fsp3) is 0.644. The van der Waals surface area contributed by atoms with Gasteiger partial charge >= 0.3 is 19.8 Å². The smallest absolute Gasteiger partial charge is 0.462 e. The third kappa shape index (κ3) is 40.7. The topological polar surface area (TPSA) is 134 Å². The second kappa shape index (κ2) is 40.8. The summed E-state index contributed by atoms with van der Waals surface area (Å²) in [6.45, 7) is 3.49. The van der Waals surface area contributed by atoms with E-state index in [1.54, 1.807) is 0 Å². The molecule has 10 heteroatoms. The molecule has 9 nitrogen and oxygen atoms in total. The quantitative estimate of drug-likeness (QED) is 0.0271. The predicted octanol–water partition coefficient (Wildman–Crippen LogP) is 12.0. The zero-order valence-corrected chi connectivity index (χ0v) is 35.3. The summed E-state index contributed by atoms with van der Waals surface area (Å²) in [6, 6.07) is 0. The van der Waals surface area contributed by atoms with Crippen molar-refractivity contribution in [3.63, 3.8) is 0 Å². The highest BCUT2D eigenvalue weighted by atomic mass is 31.2. The van der Waals surface area contributed by atoms with Crippen LogP contribution in [0, 0.1) is 0 Å². The number of esters is 2. The molecule has 0 aromatic heterocycles. The van der Waals surface area contributed by atoms with Crippen molar-refractivity contribution < 1.29 is 37.6 Å². The molecule has 0 fully saturated rings. The summed E-state index contributed by atoms with van der Waals surface area (Å²) in [6.07, 6.45) is 50.4. The molecule has 0 aromatic carbocycles. The minimum atomic E-state index is -4.40. The monoisotopic (exact) mass is 790 g/mol. The van der Waals surface area contributed by atoms with Crippen LogP contribution in [0.2, 0.25) is 0 Å². The Bertz CT molecular complexity index is 1170. The van der Waals surface area contributed by atoms with E-state index < -0.39 is 32.5 Å². The van der Waals surface area contributed by atoms with Gasteiger partial charge < -0.3 is 20.1 Å². The van der Waals surface area contributed by atoms with Gasteiger partial charge in [-0.2, -0.15) is 0 Å². The Morgan fingerprint density at radius 1 is 0.564 bits per heavy atom. The second-order valence-corrected chi connectivity index (χ2v) is 14.9. The molecule has 0 spiro atoms. The average molecular weight is 790 g/mol. The highest BCUT2D eigenvalue weighted by Gasteiger charge is 2.25. The Morgan fingerprint density at radius 2 is 1.02 bits per heavy atom. The van der Waals surface area contributed by atoms with E-state index in [1.165, 1.54) is 44.9 Å². The third-order valence-electron chi connectivity index (χ3n) is 8.27. The van der Waals surface area contributed by atoms with E-state index in [2.05, 4.69) is 92.8 Å². The number of nitrogens with two attached hydrogens (primary N) is 1. The third-order valence-corrected chi connectivity index (χ3v) is 9.25. The van der Waals surface area contributed by atoms with Crippen LogP contribution in [0.25, 0.3) is 0 Å². The van der Waals surface area contributed by atoms with Crippen LogP contribution < -0.4 is 5.73 Å². The summed E-state index contributed by atoms with van der Waals surface area (Å²) >= 11 is 0. The van der Waals surface area contributed by atoms with Crippen LogP contribution in [0.3, 0.4) is 0 Å².